The number of amides is 2. The average molecular weight is 428 g/mol. The van der Waals surface area contributed by atoms with Crippen LogP contribution in [-0.2, 0) is 9.59 Å². The Kier molecular flexibility index (Phi) is 6.03. The van der Waals surface area contributed by atoms with Gasteiger partial charge in [0.25, 0.3) is 5.91 Å². The summed E-state index contributed by atoms with van der Waals surface area (Å²) in [5.74, 6) is -0.304. The molecule has 0 aliphatic carbocycles. The molecule has 2 amide bonds. The molecule has 3 aromatic carbocycles. The van der Waals surface area contributed by atoms with Crippen LogP contribution in [-0.4, -0.2) is 30.2 Å². The minimum Gasteiger partial charge on any atom is -0.482 e. The summed E-state index contributed by atoms with van der Waals surface area (Å²) in [5.41, 5.74) is 2.75. The van der Waals surface area contributed by atoms with E-state index in [-0.39, 0.29) is 30.2 Å². The Morgan fingerprint density at radius 2 is 1.53 bits per heavy atom. The van der Waals surface area contributed by atoms with Crippen molar-refractivity contribution in [3.63, 3.8) is 0 Å². The van der Waals surface area contributed by atoms with Gasteiger partial charge in [0, 0.05) is 5.56 Å². The molecule has 0 fully saturated rings. The van der Waals surface area contributed by atoms with Crippen molar-refractivity contribution in [3.05, 3.63) is 95.6 Å². The maximum atomic E-state index is 13.4. The maximum Gasteiger partial charge on any atom is 0.265 e. The number of ketones is 1. The van der Waals surface area contributed by atoms with E-state index in [0.717, 1.165) is 11.1 Å². The highest BCUT2D eigenvalue weighted by molar-refractivity contribution is 6.05. The molecule has 6 nitrogen and oxygen atoms in total. The number of anilines is 1. The van der Waals surface area contributed by atoms with Crippen LogP contribution in [0.3, 0.4) is 0 Å². The van der Waals surface area contributed by atoms with Crippen LogP contribution in [0.2, 0.25) is 0 Å². The Morgan fingerprint density at radius 3 is 2.09 bits per heavy atom. The molecule has 1 N–H and O–H groups in total. The highest BCUT2D eigenvalue weighted by Gasteiger charge is 2.34. The molecular weight excluding hydrogens is 404 g/mol. The zero-order chi connectivity index (χ0) is 22.7. The van der Waals surface area contributed by atoms with Crippen molar-refractivity contribution < 1.29 is 19.1 Å². The number of rotatable bonds is 6. The molecule has 162 valence electrons. The lowest BCUT2D eigenvalue weighted by molar-refractivity contribution is -0.127. The Balaban J connectivity index is 1.65. The van der Waals surface area contributed by atoms with Crippen LogP contribution in [0.4, 0.5) is 5.69 Å². The zero-order valence-electron chi connectivity index (χ0n) is 17.9. The summed E-state index contributed by atoms with van der Waals surface area (Å²) in [6.45, 7) is 2.97. The van der Waals surface area contributed by atoms with E-state index in [0.29, 0.717) is 17.0 Å². The molecule has 0 saturated heterocycles. The average Bonchev–Trinajstić information content (AvgIpc) is 2.82. The Bertz CT molecular complexity index is 1110. The normalized spacial score (nSPS) is 13.8. The van der Waals surface area contributed by atoms with Gasteiger partial charge in [-0.25, -0.2) is 0 Å². The predicted octanol–water partition coefficient (Wildman–Crippen LogP) is 3.91. The Hall–Kier alpha value is -3.93. The largest absolute Gasteiger partial charge is 0.482 e. The van der Waals surface area contributed by atoms with Gasteiger partial charge in [0.05, 0.1) is 11.7 Å². The summed E-state index contributed by atoms with van der Waals surface area (Å²) in [5, 5.41) is 3.09. The van der Waals surface area contributed by atoms with Gasteiger partial charge in [0.1, 0.15) is 11.8 Å². The quantitative estimate of drug-likeness (QED) is 0.604. The third-order valence-corrected chi connectivity index (χ3v) is 5.56. The molecule has 6 heteroatoms. The first kappa shape index (κ1) is 21.3. The van der Waals surface area contributed by atoms with E-state index in [4.69, 9.17) is 4.74 Å². The van der Waals surface area contributed by atoms with Crippen molar-refractivity contribution in [1.29, 1.82) is 0 Å². The SMILES string of the molecule is CC(=O)c1ccc2c(c1)N(C(C)C(=O)NC(c1ccccc1)c1ccccc1)C(=O)CO2. The third kappa shape index (κ3) is 4.25. The fourth-order valence-electron chi connectivity index (χ4n) is 3.84. The number of hydrogen-bond acceptors (Lipinski definition) is 4. The van der Waals surface area contributed by atoms with Gasteiger partial charge < -0.3 is 10.1 Å². The number of carbonyl (C=O) groups is 3. The maximum absolute atomic E-state index is 13.4. The smallest absolute Gasteiger partial charge is 0.265 e. The first-order valence-corrected chi connectivity index (χ1v) is 10.5. The van der Waals surface area contributed by atoms with Crippen molar-refractivity contribution in [3.8, 4) is 5.75 Å². The third-order valence-electron chi connectivity index (χ3n) is 5.56. The van der Waals surface area contributed by atoms with Crippen LogP contribution >= 0.6 is 0 Å². The second-order valence-corrected chi connectivity index (χ2v) is 7.73. The van der Waals surface area contributed by atoms with E-state index in [1.807, 2.05) is 60.7 Å². The van der Waals surface area contributed by atoms with Crippen LogP contribution in [0, 0.1) is 0 Å². The molecule has 32 heavy (non-hydrogen) atoms. The number of benzene rings is 3. The molecule has 0 radical (unpaired) electrons. The molecular formula is C26H24N2O4. The van der Waals surface area contributed by atoms with Crippen LogP contribution in [0.15, 0.2) is 78.9 Å². The lowest BCUT2D eigenvalue weighted by Gasteiger charge is -2.34. The Morgan fingerprint density at radius 1 is 0.938 bits per heavy atom. The first-order chi connectivity index (χ1) is 15.5. The first-order valence-electron chi connectivity index (χ1n) is 10.5. The lowest BCUT2D eigenvalue weighted by Crippen LogP contribution is -2.52. The summed E-state index contributed by atoms with van der Waals surface area (Å²) in [7, 11) is 0. The van der Waals surface area contributed by atoms with Crippen molar-refractivity contribution in [2.24, 2.45) is 0 Å². The highest BCUT2D eigenvalue weighted by Crippen LogP contribution is 2.35. The lowest BCUT2D eigenvalue weighted by atomic mass is 9.98. The summed E-state index contributed by atoms with van der Waals surface area (Å²) < 4.78 is 5.52. The highest BCUT2D eigenvalue weighted by atomic mass is 16.5. The molecule has 0 bridgehead atoms. The molecule has 0 aromatic heterocycles. The number of fused-ring (bicyclic) bond motifs is 1. The van der Waals surface area contributed by atoms with Gasteiger partial charge in [0.15, 0.2) is 12.4 Å². The second kappa shape index (κ2) is 9.06. The van der Waals surface area contributed by atoms with E-state index >= 15 is 0 Å². The van der Waals surface area contributed by atoms with Gasteiger partial charge >= 0.3 is 0 Å². The number of carbonyl (C=O) groups excluding carboxylic acids is 3. The second-order valence-electron chi connectivity index (χ2n) is 7.73. The topological polar surface area (TPSA) is 75.7 Å². The molecule has 0 saturated carbocycles. The van der Waals surface area contributed by atoms with Crippen molar-refractivity contribution in [2.45, 2.75) is 25.9 Å². The van der Waals surface area contributed by atoms with Gasteiger partial charge in [-0.15, -0.1) is 0 Å². The van der Waals surface area contributed by atoms with E-state index in [1.54, 1.807) is 25.1 Å². The molecule has 3 aromatic rings. The molecule has 1 heterocycles. The standard InChI is InChI=1S/C26H24N2O4/c1-17(28-22-15-21(18(2)29)13-14-23(22)32-16-24(28)30)26(31)27-25(19-9-5-3-6-10-19)20-11-7-4-8-12-20/h3-15,17,25H,16H2,1-2H3,(H,27,31). The van der Waals surface area contributed by atoms with E-state index in [2.05, 4.69) is 5.32 Å². The molecule has 1 aliphatic rings. The minimum atomic E-state index is -0.803. The van der Waals surface area contributed by atoms with Crippen LogP contribution < -0.4 is 15.0 Å². The van der Waals surface area contributed by atoms with Crippen molar-refractivity contribution in [2.75, 3.05) is 11.5 Å². The van der Waals surface area contributed by atoms with Gasteiger partial charge in [-0.1, -0.05) is 60.7 Å². The van der Waals surface area contributed by atoms with Crippen molar-refractivity contribution >= 4 is 23.3 Å². The summed E-state index contributed by atoms with van der Waals surface area (Å²) in [6, 6.07) is 23.1. The van der Waals surface area contributed by atoms with Crippen LogP contribution in [0.5, 0.6) is 5.75 Å². The van der Waals surface area contributed by atoms with E-state index < -0.39 is 6.04 Å². The summed E-state index contributed by atoms with van der Waals surface area (Å²) >= 11 is 0. The number of Topliss-reactive ketones (excluding diaryl/α,β-unsaturated/α-hetero) is 1. The fourth-order valence-corrected chi connectivity index (χ4v) is 3.84. The summed E-state index contributed by atoms with van der Waals surface area (Å²) in [6.07, 6.45) is 0. The van der Waals surface area contributed by atoms with Crippen LogP contribution in [0.1, 0.15) is 41.4 Å². The molecule has 1 unspecified atom stereocenters. The minimum absolute atomic E-state index is 0.129. The molecule has 1 aliphatic heterocycles. The zero-order valence-corrected chi connectivity index (χ0v) is 17.9. The fraction of sp³-hybridized carbons (Fsp3) is 0.192. The molecule has 0 spiro atoms. The molecule has 4 rings (SSSR count). The van der Waals surface area contributed by atoms with Crippen molar-refractivity contribution in [1.82, 2.24) is 5.32 Å². The number of nitrogens with one attached hydrogen (secondary N) is 1. The monoisotopic (exact) mass is 428 g/mol. The van der Waals surface area contributed by atoms with Crippen LogP contribution in [0.25, 0.3) is 0 Å². The van der Waals surface area contributed by atoms with Gasteiger partial charge in [-0.05, 0) is 43.2 Å². The predicted molar refractivity (Wildman–Crippen MR) is 122 cm³/mol. The molecule has 1 atom stereocenters. The van der Waals surface area contributed by atoms with E-state index in [9.17, 15) is 14.4 Å². The summed E-state index contributed by atoms with van der Waals surface area (Å²) in [4.78, 5) is 39.4. The van der Waals surface area contributed by atoms with Gasteiger partial charge in [0.2, 0.25) is 5.91 Å². The number of ether oxygens (including phenoxy) is 1. The number of hydrogen-bond donors (Lipinski definition) is 1. The number of nitrogens with zero attached hydrogens (tertiary/aromatic N) is 1. The van der Waals surface area contributed by atoms with E-state index in [1.165, 1.54) is 11.8 Å². The Labute approximate surface area is 186 Å². The van der Waals surface area contributed by atoms with Gasteiger partial charge in [-0.2, -0.15) is 0 Å². The van der Waals surface area contributed by atoms with Gasteiger partial charge in [-0.3, -0.25) is 19.3 Å².